The van der Waals surface area contributed by atoms with Crippen molar-refractivity contribution in [2.45, 2.75) is 38.5 Å². The van der Waals surface area contributed by atoms with E-state index in [1.807, 2.05) is 25.3 Å². The van der Waals surface area contributed by atoms with Gasteiger partial charge in [0.1, 0.15) is 11.3 Å². The first kappa shape index (κ1) is 14.0. The highest BCUT2D eigenvalue weighted by Gasteiger charge is 2.24. The molecule has 1 heterocycles. The SMILES string of the molecule is CCC(=O)NCC1CCCc2c(OC)ccc3occ1c23. The molecule has 0 saturated carbocycles. The second-order valence-corrected chi connectivity index (χ2v) is 5.56. The van der Waals surface area contributed by atoms with Crippen LogP contribution < -0.4 is 10.1 Å². The Morgan fingerprint density at radius 3 is 3.10 bits per heavy atom. The molecule has 4 nitrogen and oxygen atoms in total. The van der Waals surface area contributed by atoms with Gasteiger partial charge in [-0.15, -0.1) is 0 Å². The number of hydrogen-bond donors (Lipinski definition) is 1. The number of ether oxygens (including phenoxy) is 1. The van der Waals surface area contributed by atoms with E-state index in [2.05, 4.69) is 5.32 Å². The largest absolute Gasteiger partial charge is 0.496 e. The molecular weight excluding hydrogens is 266 g/mol. The van der Waals surface area contributed by atoms with Crippen LogP contribution in [0.1, 0.15) is 43.2 Å². The molecule has 1 N–H and O–H groups in total. The number of carbonyl (C=O) groups excluding carboxylic acids is 1. The molecule has 1 amide bonds. The maximum Gasteiger partial charge on any atom is 0.219 e. The highest BCUT2D eigenvalue weighted by molar-refractivity contribution is 5.88. The van der Waals surface area contributed by atoms with Crippen molar-refractivity contribution in [1.82, 2.24) is 5.32 Å². The first-order chi connectivity index (χ1) is 10.2. The van der Waals surface area contributed by atoms with Crippen LogP contribution in [0.2, 0.25) is 0 Å². The molecule has 0 aliphatic heterocycles. The van der Waals surface area contributed by atoms with Crippen LogP contribution in [-0.2, 0) is 11.2 Å². The van der Waals surface area contributed by atoms with Gasteiger partial charge in [-0.05, 0) is 31.4 Å². The number of furan rings is 1. The fourth-order valence-electron chi connectivity index (χ4n) is 3.20. The Balaban J connectivity index is 1.99. The van der Waals surface area contributed by atoms with Crippen molar-refractivity contribution in [3.8, 4) is 5.75 Å². The molecule has 0 radical (unpaired) electrons. The molecule has 0 bridgehead atoms. The Morgan fingerprint density at radius 2 is 2.33 bits per heavy atom. The van der Waals surface area contributed by atoms with Crippen LogP contribution in [0.15, 0.2) is 22.8 Å². The van der Waals surface area contributed by atoms with Crippen LogP contribution >= 0.6 is 0 Å². The summed E-state index contributed by atoms with van der Waals surface area (Å²) in [6.45, 7) is 2.55. The van der Waals surface area contributed by atoms with E-state index in [4.69, 9.17) is 9.15 Å². The van der Waals surface area contributed by atoms with E-state index in [1.54, 1.807) is 7.11 Å². The first-order valence-electron chi connectivity index (χ1n) is 7.58. The predicted molar refractivity (Wildman–Crippen MR) is 81.7 cm³/mol. The van der Waals surface area contributed by atoms with Gasteiger partial charge >= 0.3 is 0 Å². The first-order valence-corrected chi connectivity index (χ1v) is 7.58. The van der Waals surface area contributed by atoms with Crippen molar-refractivity contribution in [3.05, 3.63) is 29.5 Å². The minimum atomic E-state index is 0.102. The van der Waals surface area contributed by atoms with Crippen molar-refractivity contribution in [3.63, 3.8) is 0 Å². The summed E-state index contributed by atoms with van der Waals surface area (Å²) in [7, 11) is 1.71. The monoisotopic (exact) mass is 287 g/mol. The minimum Gasteiger partial charge on any atom is -0.496 e. The van der Waals surface area contributed by atoms with E-state index in [9.17, 15) is 4.79 Å². The molecule has 3 rings (SSSR count). The summed E-state index contributed by atoms with van der Waals surface area (Å²) in [5.74, 6) is 1.35. The molecule has 1 aliphatic carbocycles. The topological polar surface area (TPSA) is 51.5 Å². The van der Waals surface area contributed by atoms with E-state index in [0.717, 1.165) is 30.6 Å². The van der Waals surface area contributed by atoms with Crippen molar-refractivity contribution >= 4 is 16.9 Å². The van der Waals surface area contributed by atoms with E-state index >= 15 is 0 Å². The number of benzene rings is 1. The maximum absolute atomic E-state index is 11.5. The lowest BCUT2D eigenvalue weighted by Gasteiger charge is -2.14. The summed E-state index contributed by atoms with van der Waals surface area (Å²) in [6, 6.07) is 3.94. The second-order valence-electron chi connectivity index (χ2n) is 5.56. The maximum atomic E-state index is 11.5. The molecule has 0 spiro atoms. The Labute approximate surface area is 124 Å². The number of nitrogens with one attached hydrogen (secondary N) is 1. The predicted octanol–water partition coefficient (Wildman–Crippen LogP) is 3.39. The normalized spacial score (nSPS) is 17.5. The number of aryl methyl sites for hydroxylation is 1. The van der Waals surface area contributed by atoms with Gasteiger partial charge < -0.3 is 14.5 Å². The third-order valence-electron chi connectivity index (χ3n) is 4.34. The zero-order chi connectivity index (χ0) is 14.8. The quantitative estimate of drug-likeness (QED) is 0.937. The number of hydrogen-bond acceptors (Lipinski definition) is 3. The minimum absolute atomic E-state index is 0.102. The Morgan fingerprint density at radius 1 is 1.48 bits per heavy atom. The van der Waals surface area contributed by atoms with Crippen LogP contribution in [0, 0.1) is 0 Å². The van der Waals surface area contributed by atoms with Gasteiger partial charge in [0.15, 0.2) is 0 Å². The number of carbonyl (C=O) groups is 1. The number of rotatable bonds is 4. The summed E-state index contributed by atoms with van der Waals surface area (Å²) >= 11 is 0. The fraction of sp³-hybridized carbons (Fsp3) is 0.471. The zero-order valence-corrected chi connectivity index (χ0v) is 12.6. The molecule has 1 aromatic heterocycles. The van der Waals surface area contributed by atoms with Gasteiger partial charge in [0.05, 0.1) is 13.4 Å². The standard InChI is InChI=1S/C17H21NO3/c1-3-16(19)18-9-11-5-4-6-12-14(20-2)7-8-15-17(12)13(11)10-21-15/h7-8,10-11H,3-6,9H2,1-2H3,(H,18,19). The van der Waals surface area contributed by atoms with Gasteiger partial charge in [-0.2, -0.15) is 0 Å². The summed E-state index contributed by atoms with van der Waals surface area (Å²) in [5, 5.41) is 4.19. The molecule has 0 saturated heterocycles. The average Bonchev–Trinajstić information content (AvgIpc) is 2.85. The molecule has 1 aromatic carbocycles. The molecular formula is C17H21NO3. The summed E-state index contributed by atoms with van der Waals surface area (Å²) in [5.41, 5.74) is 3.35. The molecule has 2 aromatic rings. The van der Waals surface area contributed by atoms with E-state index in [-0.39, 0.29) is 5.91 Å². The molecule has 1 unspecified atom stereocenters. The van der Waals surface area contributed by atoms with Crippen molar-refractivity contribution < 1.29 is 13.9 Å². The lowest BCUT2D eigenvalue weighted by Crippen LogP contribution is -2.27. The lowest BCUT2D eigenvalue weighted by molar-refractivity contribution is -0.120. The van der Waals surface area contributed by atoms with Gasteiger partial charge in [0.25, 0.3) is 0 Å². The highest BCUT2D eigenvalue weighted by Crippen LogP contribution is 2.40. The summed E-state index contributed by atoms with van der Waals surface area (Å²) < 4.78 is 11.2. The Bertz CT molecular complexity index is 659. The fourth-order valence-corrected chi connectivity index (χ4v) is 3.20. The molecule has 21 heavy (non-hydrogen) atoms. The van der Waals surface area contributed by atoms with Gasteiger partial charge in [0, 0.05) is 35.4 Å². The van der Waals surface area contributed by atoms with Gasteiger partial charge in [0.2, 0.25) is 5.91 Å². The molecule has 112 valence electrons. The van der Waals surface area contributed by atoms with Crippen LogP contribution in [0.4, 0.5) is 0 Å². The molecule has 0 fully saturated rings. The molecule has 4 heteroatoms. The van der Waals surface area contributed by atoms with Crippen LogP contribution in [0.5, 0.6) is 5.75 Å². The van der Waals surface area contributed by atoms with Crippen LogP contribution in [-0.4, -0.2) is 19.6 Å². The third kappa shape index (κ3) is 2.50. The third-order valence-corrected chi connectivity index (χ3v) is 4.34. The van der Waals surface area contributed by atoms with Gasteiger partial charge in [-0.3, -0.25) is 4.79 Å². The van der Waals surface area contributed by atoms with Crippen LogP contribution in [0.25, 0.3) is 11.0 Å². The van der Waals surface area contributed by atoms with Crippen LogP contribution in [0.3, 0.4) is 0 Å². The number of amides is 1. The Kier molecular flexibility index (Phi) is 3.86. The lowest BCUT2D eigenvalue weighted by atomic mass is 9.96. The van der Waals surface area contributed by atoms with Gasteiger partial charge in [-0.1, -0.05) is 6.92 Å². The second kappa shape index (κ2) is 5.80. The smallest absolute Gasteiger partial charge is 0.219 e. The number of methoxy groups -OCH3 is 1. The molecule has 1 aliphatic rings. The van der Waals surface area contributed by atoms with Crippen molar-refractivity contribution in [2.75, 3.05) is 13.7 Å². The van der Waals surface area contributed by atoms with Gasteiger partial charge in [-0.25, -0.2) is 0 Å². The summed E-state index contributed by atoms with van der Waals surface area (Å²) in [6.07, 6.45) is 5.51. The summed E-state index contributed by atoms with van der Waals surface area (Å²) in [4.78, 5) is 11.5. The van der Waals surface area contributed by atoms with E-state index in [0.29, 0.717) is 18.9 Å². The molecule has 1 atom stereocenters. The zero-order valence-electron chi connectivity index (χ0n) is 12.6. The van der Waals surface area contributed by atoms with E-state index < -0.39 is 0 Å². The Hall–Kier alpha value is -1.97. The van der Waals surface area contributed by atoms with Crippen molar-refractivity contribution in [2.24, 2.45) is 0 Å². The van der Waals surface area contributed by atoms with E-state index in [1.165, 1.54) is 16.5 Å². The highest BCUT2D eigenvalue weighted by atomic mass is 16.5. The average molecular weight is 287 g/mol. The van der Waals surface area contributed by atoms with Crippen molar-refractivity contribution in [1.29, 1.82) is 0 Å².